The molecule has 0 radical (unpaired) electrons. The molecular weight excluding hydrogens is 322 g/mol. The molecule has 1 heterocycles. The lowest BCUT2D eigenvalue weighted by Crippen LogP contribution is -2.29. The largest absolute Gasteiger partial charge is 0.497 e. The molecule has 0 saturated heterocycles. The van der Waals surface area contributed by atoms with E-state index < -0.39 is 6.10 Å². The third-order valence-electron chi connectivity index (χ3n) is 3.89. The number of carbonyl (C=O) groups is 1. The number of thiophene rings is 1. The van der Waals surface area contributed by atoms with Crippen molar-refractivity contribution < 1.29 is 14.6 Å². The summed E-state index contributed by atoms with van der Waals surface area (Å²) in [6.07, 6.45) is -0.400. The number of benzene rings is 2. The molecule has 1 atom stereocenters. The smallest absolute Gasteiger partial charge is 0.224 e. The van der Waals surface area contributed by atoms with Gasteiger partial charge in [-0.25, -0.2) is 0 Å². The molecule has 2 aromatic carbocycles. The van der Waals surface area contributed by atoms with Gasteiger partial charge in [0.25, 0.3) is 0 Å². The van der Waals surface area contributed by atoms with Gasteiger partial charge in [-0.3, -0.25) is 4.79 Å². The van der Waals surface area contributed by atoms with Gasteiger partial charge in [-0.2, -0.15) is 0 Å². The van der Waals surface area contributed by atoms with Gasteiger partial charge < -0.3 is 15.2 Å². The molecule has 3 aromatic rings. The predicted molar refractivity (Wildman–Crippen MR) is 96.5 cm³/mol. The van der Waals surface area contributed by atoms with Crippen LogP contribution in [0, 0.1) is 0 Å². The van der Waals surface area contributed by atoms with Gasteiger partial charge >= 0.3 is 0 Å². The van der Waals surface area contributed by atoms with Crippen LogP contribution in [0.5, 0.6) is 5.75 Å². The Morgan fingerprint density at radius 1 is 1.25 bits per heavy atom. The molecule has 24 heavy (non-hydrogen) atoms. The second-order valence-electron chi connectivity index (χ2n) is 5.52. The SMILES string of the molecule is COc1ccc2cccc(CC(=O)NCC(O)c3cccs3)c2c1. The molecule has 2 N–H and O–H groups in total. The van der Waals surface area contributed by atoms with Crippen molar-refractivity contribution in [2.24, 2.45) is 0 Å². The van der Waals surface area contributed by atoms with E-state index in [9.17, 15) is 9.90 Å². The van der Waals surface area contributed by atoms with E-state index in [1.54, 1.807) is 7.11 Å². The highest BCUT2D eigenvalue weighted by Crippen LogP contribution is 2.24. The fraction of sp³-hybridized carbons (Fsp3) is 0.211. The maximum Gasteiger partial charge on any atom is 0.224 e. The van der Waals surface area contributed by atoms with Crippen LogP contribution in [0.4, 0.5) is 0 Å². The summed E-state index contributed by atoms with van der Waals surface area (Å²) in [7, 11) is 1.63. The van der Waals surface area contributed by atoms with E-state index in [1.807, 2.05) is 53.9 Å². The first-order valence-corrected chi connectivity index (χ1v) is 8.59. The molecule has 0 spiro atoms. The van der Waals surface area contributed by atoms with E-state index in [4.69, 9.17) is 4.74 Å². The van der Waals surface area contributed by atoms with Gasteiger partial charge in [0.15, 0.2) is 0 Å². The Kier molecular flexibility index (Phi) is 5.13. The van der Waals surface area contributed by atoms with Gasteiger partial charge in [-0.05, 0) is 39.9 Å². The van der Waals surface area contributed by atoms with Crippen LogP contribution in [-0.2, 0) is 11.2 Å². The maximum absolute atomic E-state index is 12.2. The average molecular weight is 341 g/mol. The molecule has 124 valence electrons. The van der Waals surface area contributed by atoms with Crippen LogP contribution in [0.2, 0.25) is 0 Å². The Bertz CT molecular complexity index is 830. The molecule has 0 aliphatic heterocycles. The molecule has 0 aliphatic carbocycles. The summed E-state index contributed by atoms with van der Waals surface area (Å²) in [6.45, 7) is 0.216. The van der Waals surface area contributed by atoms with Crippen LogP contribution in [0.15, 0.2) is 53.9 Å². The molecule has 5 heteroatoms. The maximum atomic E-state index is 12.2. The van der Waals surface area contributed by atoms with Gasteiger partial charge in [-0.15, -0.1) is 11.3 Å². The molecule has 1 aromatic heterocycles. The minimum absolute atomic E-state index is 0.110. The number of hydrogen-bond donors (Lipinski definition) is 2. The summed E-state index contributed by atoms with van der Waals surface area (Å²) in [5.74, 6) is 0.657. The highest BCUT2D eigenvalue weighted by Gasteiger charge is 2.12. The van der Waals surface area contributed by atoms with E-state index in [0.29, 0.717) is 0 Å². The molecule has 1 amide bonds. The highest BCUT2D eigenvalue weighted by molar-refractivity contribution is 7.10. The fourth-order valence-corrected chi connectivity index (χ4v) is 3.34. The summed E-state index contributed by atoms with van der Waals surface area (Å²) in [6, 6.07) is 15.5. The van der Waals surface area contributed by atoms with Crippen molar-refractivity contribution in [3.05, 3.63) is 64.4 Å². The molecular formula is C19H19NO3S. The minimum Gasteiger partial charge on any atom is -0.497 e. The summed E-state index contributed by atoms with van der Waals surface area (Å²) < 4.78 is 5.27. The summed E-state index contributed by atoms with van der Waals surface area (Å²) in [5, 5.41) is 16.8. The number of aliphatic hydroxyl groups excluding tert-OH is 1. The van der Waals surface area contributed by atoms with Crippen molar-refractivity contribution >= 4 is 28.0 Å². The molecule has 0 aliphatic rings. The first kappa shape index (κ1) is 16.5. The Hall–Kier alpha value is -2.37. The minimum atomic E-state index is -0.665. The predicted octanol–water partition coefficient (Wildman–Crippen LogP) is 3.30. The quantitative estimate of drug-likeness (QED) is 0.723. The average Bonchev–Trinajstić information content (AvgIpc) is 3.14. The van der Waals surface area contributed by atoms with E-state index in [2.05, 4.69) is 5.32 Å². The van der Waals surface area contributed by atoms with E-state index in [0.717, 1.165) is 27.0 Å². The second-order valence-corrected chi connectivity index (χ2v) is 6.50. The van der Waals surface area contributed by atoms with Crippen molar-refractivity contribution in [2.75, 3.05) is 13.7 Å². The number of hydrogen-bond acceptors (Lipinski definition) is 4. The lowest BCUT2D eigenvalue weighted by atomic mass is 10.0. The van der Waals surface area contributed by atoms with Gasteiger partial charge in [-0.1, -0.05) is 30.3 Å². The lowest BCUT2D eigenvalue weighted by molar-refractivity contribution is -0.120. The number of rotatable bonds is 6. The second kappa shape index (κ2) is 7.47. The van der Waals surface area contributed by atoms with Crippen LogP contribution >= 0.6 is 11.3 Å². The zero-order valence-corrected chi connectivity index (χ0v) is 14.2. The number of carbonyl (C=O) groups excluding carboxylic acids is 1. The summed E-state index contributed by atoms with van der Waals surface area (Å²) >= 11 is 1.48. The number of aliphatic hydroxyl groups is 1. The molecule has 4 nitrogen and oxygen atoms in total. The van der Waals surface area contributed by atoms with Gasteiger partial charge in [0, 0.05) is 11.4 Å². The first-order valence-electron chi connectivity index (χ1n) is 7.71. The van der Waals surface area contributed by atoms with Crippen molar-refractivity contribution in [3.8, 4) is 5.75 Å². The van der Waals surface area contributed by atoms with E-state index in [-0.39, 0.29) is 18.9 Å². The van der Waals surface area contributed by atoms with Crippen molar-refractivity contribution in [1.82, 2.24) is 5.32 Å². The fourth-order valence-electron chi connectivity index (χ4n) is 2.63. The van der Waals surface area contributed by atoms with Crippen molar-refractivity contribution in [2.45, 2.75) is 12.5 Å². The third kappa shape index (κ3) is 3.75. The summed E-state index contributed by atoms with van der Waals surface area (Å²) in [5.41, 5.74) is 0.939. The zero-order chi connectivity index (χ0) is 16.9. The normalized spacial score (nSPS) is 12.1. The van der Waals surface area contributed by atoms with E-state index >= 15 is 0 Å². The topological polar surface area (TPSA) is 58.6 Å². The Labute approximate surface area is 144 Å². The van der Waals surface area contributed by atoms with Gasteiger partial charge in [0.2, 0.25) is 5.91 Å². The monoisotopic (exact) mass is 341 g/mol. The first-order chi connectivity index (χ1) is 11.7. The molecule has 3 rings (SSSR count). The van der Waals surface area contributed by atoms with Crippen molar-refractivity contribution in [3.63, 3.8) is 0 Å². The number of amides is 1. The number of ether oxygens (including phenoxy) is 1. The zero-order valence-electron chi connectivity index (χ0n) is 13.4. The van der Waals surface area contributed by atoms with Crippen LogP contribution < -0.4 is 10.1 Å². The lowest BCUT2D eigenvalue weighted by Gasteiger charge is -2.12. The number of methoxy groups -OCH3 is 1. The molecule has 0 fully saturated rings. The summed E-state index contributed by atoms with van der Waals surface area (Å²) in [4.78, 5) is 13.1. The van der Waals surface area contributed by atoms with Crippen molar-refractivity contribution in [1.29, 1.82) is 0 Å². The Morgan fingerprint density at radius 2 is 2.12 bits per heavy atom. The van der Waals surface area contributed by atoms with E-state index in [1.165, 1.54) is 11.3 Å². The van der Waals surface area contributed by atoms with Crippen LogP contribution in [0.3, 0.4) is 0 Å². The van der Waals surface area contributed by atoms with Crippen LogP contribution in [0.1, 0.15) is 16.5 Å². The molecule has 0 saturated carbocycles. The van der Waals surface area contributed by atoms with Gasteiger partial charge in [0.1, 0.15) is 11.9 Å². The Balaban J connectivity index is 1.69. The van der Waals surface area contributed by atoms with Crippen LogP contribution in [-0.4, -0.2) is 24.7 Å². The standard InChI is InChI=1S/C19H19NO3S/c1-23-15-8-7-13-4-2-5-14(16(13)11-15)10-19(22)20-12-17(21)18-6-3-9-24-18/h2-9,11,17,21H,10,12H2,1H3,(H,20,22). The highest BCUT2D eigenvalue weighted by atomic mass is 32.1. The van der Waals surface area contributed by atoms with Crippen LogP contribution in [0.25, 0.3) is 10.8 Å². The number of nitrogens with one attached hydrogen (secondary N) is 1. The Morgan fingerprint density at radius 3 is 2.88 bits per heavy atom. The molecule has 0 bridgehead atoms. The van der Waals surface area contributed by atoms with Gasteiger partial charge in [0.05, 0.1) is 13.5 Å². The third-order valence-corrected chi connectivity index (χ3v) is 4.87. The molecule has 1 unspecified atom stereocenters. The number of fused-ring (bicyclic) bond motifs is 1.